The third kappa shape index (κ3) is 8.75. The largest absolute Gasteiger partial charge is 0.491 e. The number of rotatable bonds is 15. The van der Waals surface area contributed by atoms with Crippen LogP contribution in [0.25, 0.3) is 0 Å². The number of para-hydroxylation sites is 1. The van der Waals surface area contributed by atoms with Crippen LogP contribution in [0.3, 0.4) is 0 Å². The topological polar surface area (TPSA) is 187 Å². The smallest absolute Gasteiger partial charge is 0.334 e. The number of nitro groups is 1. The quantitative estimate of drug-likeness (QED) is 0.0733. The van der Waals surface area contributed by atoms with Gasteiger partial charge in [-0.1, -0.05) is 30.3 Å². The molecule has 1 aliphatic heterocycles. The third-order valence-corrected chi connectivity index (χ3v) is 7.44. The van der Waals surface area contributed by atoms with E-state index in [2.05, 4.69) is 16.0 Å². The Labute approximate surface area is 260 Å². The summed E-state index contributed by atoms with van der Waals surface area (Å²) in [5, 5.41) is 51.2. The van der Waals surface area contributed by atoms with Crippen molar-refractivity contribution in [1.29, 1.82) is 0 Å². The van der Waals surface area contributed by atoms with Crippen LogP contribution in [0.15, 0.2) is 71.1 Å². The van der Waals surface area contributed by atoms with E-state index in [0.717, 1.165) is 11.3 Å². The Bertz CT molecular complexity index is 1420. The lowest BCUT2D eigenvalue weighted by Gasteiger charge is -2.37. The van der Waals surface area contributed by atoms with Gasteiger partial charge in [0.05, 0.1) is 22.0 Å². The van der Waals surface area contributed by atoms with E-state index in [4.69, 9.17) is 17.0 Å². The molecule has 0 radical (unpaired) electrons. The van der Waals surface area contributed by atoms with Gasteiger partial charge in [0.15, 0.2) is 5.11 Å². The van der Waals surface area contributed by atoms with E-state index in [0.29, 0.717) is 36.1 Å². The first-order valence-electron chi connectivity index (χ1n) is 13.9. The maximum absolute atomic E-state index is 12.4. The predicted molar refractivity (Wildman–Crippen MR) is 167 cm³/mol. The summed E-state index contributed by atoms with van der Waals surface area (Å²) in [6.07, 6.45) is -0.695. The molecule has 0 saturated heterocycles. The van der Waals surface area contributed by atoms with Crippen molar-refractivity contribution in [2.24, 2.45) is 0 Å². The molecule has 236 valence electrons. The molecule has 0 aromatic heterocycles. The van der Waals surface area contributed by atoms with E-state index < -0.39 is 28.9 Å². The summed E-state index contributed by atoms with van der Waals surface area (Å²) in [5.74, 6) is -3.11. The minimum absolute atomic E-state index is 0.155. The normalized spacial score (nSPS) is 14.3. The molecule has 0 fully saturated rings. The van der Waals surface area contributed by atoms with Crippen LogP contribution in [0.5, 0.6) is 5.75 Å². The Morgan fingerprint density at radius 3 is 2.25 bits per heavy atom. The lowest BCUT2D eigenvalue weighted by atomic mass is 9.79. The van der Waals surface area contributed by atoms with Crippen molar-refractivity contribution in [2.45, 2.75) is 32.8 Å². The number of benzene rings is 2. The Hall–Kier alpha value is -4.53. The average molecular weight is 628 g/mol. The van der Waals surface area contributed by atoms with Crippen LogP contribution in [-0.4, -0.2) is 87.6 Å². The van der Waals surface area contributed by atoms with Gasteiger partial charge in [0, 0.05) is 56.3 Å². The molecular weight excluding hydrogens is 590 g/mol. The van der Waals surface area contributed by atoms with Crippen molar-refractivity contribution in [2.75, 3.05) is 39.3 Å². The zero-order valence-corrected chi connectivity index (χ0v) is 25.5. The molecule has 1 heterocycles. The second-order valence-corrected chi connectivity index (χ2v) is 10.6. The molecule has 0 amide bonds. The zero-order chi connectivity index (χ0) is 32.4. The number of nitrogens with zero attached hydrogens (tertiary/aromatic N) is 2. The van der Waals surface area contributed by atoms with Crippen molar-refractivity contribution in [3.63, 3.8) is 0 Å². The number of aryl methyl sites for hydroxylation is 1. The molecule has 0 aliphatic carbocycles. The van der Waals surface area contributed by atoms with Crippen molar-refractivity contribution >= 4 is 35.0 Å². The molecule has 14 heteroatoms. The van der Waals surface area contributed by atoms with Gasteiger partial charge >= 0.3 is 11.9 Å². The van der Waals surface area contributed by atoms with Crippen LogP contribution in [0, 0.1) is 17.0 Å². The molecule has 44 heavy (non-hydrogen) atoms. The fourth-order valence-electron chi connectivity index (χ4n) is 4.99. The summed E-state index contributed by atoms with van der Waals surface area (Å²) in [5.41, 5.74) is 1.23. The Morgan fingerprint density at radius 2 is 1.64 bits per heavy atom. The van der Waals surface area contributed by atoms with Gasteiger partial charge in [-0.2, -0.15) is 0 Å². The molecule has 6 N–H and O–H groups in total. The van der Waals surface area contributed by atoms with Gasteiger partial charge in [0.25, 0.3) is 5.69 Å². The number of aliphatic hydroxyl groups excluding tert-OH is 1. The van der Waals surface area contributed by atoms with E-state index in [1.165, 1.54) is 24.3 Å². The Kier molecular flexibility index (Phi) is 12.2. The van der Waals surface area contributed by atoms with Crippen LogP contribution in [0.2, 0.25) is 0 Å². The number of carbonyl (C=O) groups is 2. The highest BCUT2D eigenvalue weighted by Crippen LogP contribution is 2.42. The SMILES string of the molecule is CC1=C(C(=O)O)C(c2cccc([N+](=O)[O-])c2)C(C(=O)O)=C(C)N1CCNC(=S)NCCNCC(O)COc1ccccc1C. The average Bonchev–Trinajstić information content (AvgIpc) is 2.97. The minimum Gasteiger partial charge on any atom is -0.491 e. The number of ether oxygens (including phenoxy) is 1. The maximum atomic E-state index is 12.4. The fraction of sp³-hybridized carbons (Fsp3) is 0.367. The molecule has 1 atom stereocenters. The highest BCUT2D eigenvalue weighted by Gasteiger charge is 2.39. The van der Waals surface area contributed by atoms with Crippen molar-refractivity contribution in [1.82, 2.24) is 20.9 Å². The second kappa shape index (κ2) is 15.8. The number of hydrogen-bond donors (Lipinski definition) is 6. The molecule has 3 rings (SSSR count). The van der Waals surface area contributed by atoms with Crippen molar-refractivity contribution < 1.29 is 34.6 Å². The molecule has 2 aromatic rings. The van der Waals surface area contributed by atoms with Crippen molar-refractivity contribution in [3.05, 3.63) is 92.3 Å². The summed E-state index contributed by atoms with van der Waals surface area (Å²) in [4.78, 5) is 37.1. The fourth-order valence-corrected chi connectivity index (χ4v) is 5.19. The monoisotopic (exact) mass is 627 g/mol. The summed E-state index contributed by atoms with van der Waals surface area (Å²) < 4.78 is 5.65. The van der Waals surface area contributed by atoms with Gasteiger partial charge in [0.1, 0.15) is 18.5 Å². The Morgan fingerprint density at radius 1 is 1.00 bits per heavy atom. The summed E-state index contributed by atoms with van der Waals surface area (Å²) in [6, 6.07) is 12.9. The third-order valence-electron chi connectivity index (χ3n) is 7.15. The molecule has 1 aliphatic rings. The maximum Gasteiger partial charge on any atom is 0.334 e. The van der Waals surface area contributed by atoms with E-state index in [9.17, 15) is 35.0 Å². The predicted octanol–water partition coefficient (Wildman–Crippen LogP) is 2.51. The highest BCUT2D eigenvalue weighted by molar-refractivity contribution is 7.80. The van der Waals surface area contributed by atoms with Gasteiger partial charge < -0.3 is 40.9 Å². The van der Waals surface area contributed by atoms with Gasteiger partial charge in [-0.3, -0.25) is 10.1 Å². The molecule has 1 unspecified atom stereocenters. The van der Waals surface area contributed by atoms with E-state index in [1.54, 1.807) is 18.7 Å². The Balaban J connectivity index is 1.53. The van der Waals surface area contributed by atoms with Crippen molar-refractivity contribution in [3.8, 4) is 5.75 Å². The standard InChI is InChI=1S/C30H37N5O8S/c1-18-7-4-5-10-24(18)43-17-23(36)16-31-11-12-32-30(44)33-13-14-34-19(2)25(28(37)38)27(26(20(34)3)29(39)40)21-8-6-9-22(15-21)35(41)42/h4-10,15,23,27,31,36H,11-14,16-17H2,1-3H3,(H,37,38)(H,39,40)(H2,32,33,44). The van der Waals surface area contributed by atoms with Gasteiger partial charge in [-0.25, -0.2) is 9.59 Å². The number of aliphatic carboxylic acids is 2. The molecule has 0 spiro atoms. The number of thiocarbonyl (C=S) groups is 1. The molecule has 13 nitrogen and oxygen atoms in total. The number of nitrogens with one attached hydrogen (secondary N) is 3. The van der Waals surface area contributed by atoms with Gasteiger partial charge in [-0.05, 0) is 50.2 Å². The number of hydrogen-bond acceptors (Lipinski definition) is 9. The number of non-ortho nitro benzene ring substituents is 1. The number of aliphatic hydroxyl groups is 1. The van der Waals surface area contributed by atoms with Crippen LogP contribution in [0.1, 0.15) is 30.9 Å². The first kappa shape index (κ1) is 34.0. The number of carboxylic acids is 2. The van der Waals surface area contributed by atoms with Crippen LogP contribution in [-0.2, 0) is 9.59 Å². The second-order valence-electron chi connectivity index (χ2n) is 10.2. The summed E-state index contributed by atoms with van der Waals surface area (Å²) >= 11 is 5.33. The van der Waals surface area contributed by atoms with Gasteiger partial charge in [0.2, 0.25) is 0 Å². The van der Waals surface area contributed by atoms with Crippen LogP contribution in [0.4, 0.5) is 5.69 Å². The molecule has 0 bridgehead atoms. The van der Waals surface area contributed by atoms with E-state index in [1.807, 2.05) is 31.2 Å². The lowest BCUT2D eigenvalue weighted by Crippen LogP contribution is -2.43. The molecule has 2 aromatic carbocycles. The summed E-state index contributed by atoms with van der Waals surface area (Å²) in [6.45, 7) is 7.04. The number of allylic oxidation sites excluding steroid dienone is 2. The molecule has 0 saturated carbocycles. The first-order valence-corrected chi connectivity index (χ1v) is 14.3. The van der Waals surface area contributed by atoms with Gasteiger partial charge in [-0.15, -0.1) is 0 Å². The van der Waals surface area contributed by atoms with Crippen LogP contribution >= 0.6 is 12.2 Å². The lowest BCUT2D eigenvalue weighted by molar-refractivity contribution is -0.384. The highest BCUT2D eigenvalue weighted by atomic mass is 32.1. The number of carboxylic acid groups (broad SMARTS) is 2. The van der Waals surface area contributed by atoms with E-state index >= 15 is 0 Å². The minimum atomic E-state index is -1.32. The van der Waals surface area contributed by atoms with E-state index in [-0.39, 0.29) is 42.1 Å². The number of nitro benzene ring substituents is 1. The summed E-state index contributed by atoms with van der Waals surface area (Å²) in [7, 11) is 0. The molecular formula is C30H37N5O8S. The van der Waals surface area contributed by atoms with Crippen LogP contribution < -0.4 is 20.7 Å². The zero-order valence-electron chi connectivity index (χ0n) is 24.7. The first-order chi connectivity index (χ1) is 20.9.